The highest BCUT2D eigenvalue weighted by Crippen LogP contribution is 2.27. The molecule has 0 aliphatic heterocycles. The summed E-state index contributed by atoms with van der Waals surface area (Å²) >= 11 is 3.53. The molecule has 0 aliphatic rings. The molecule has 20 heavy (non-hydrogen) atoms. The predicted octanol–water partition coefficient (Wildman–Crippen LogP) is 3.95. The lowest BCUT2D eigenvalue weighted by Gasteiger charge is -2.32. The first-order valence-electron chi connectivity index (χ1n) is 6.85. The molecule has 0 bridgehead atoms. The van der Waals surface area contributed by atoms with Gasteiger partial charge in [0.05, 0.1) is 18.8 Å². The van der Waals surface area contributed by atoms with Crippen molar-refractivity contribution in [2.24, 2.45) is 5.73 Å². The van der Waals surface area contributed by atoms with E-state index in [1.54, 1.807) is 6.26 Å². The van der Waals surface area contributed by atoms with E-state index < -0.39 is 0 Å². The molecule has 0 fully saturated rings. The van der Waals surface area contributed by atoms with Gasteiger partial charge in [0.2, 0.25) is 0 Å². The molecule has 2 rings (SSSR count). The van der Waals surface area contributed by atoms with Gasteiger partial charge >= 0.3 is 0 Å². The van der Waals surface area contributed by atoms with Crippen LogP contribution in [0.1, 0.15) is 30.7 Å². The molecule has 108 valence electrons. The number of benzene rings is 1. The smallest absolute Gasteiger partial charge is 0.117 e. The summed E-state index contributed by atoms with van der Waals surface area (Å²) in [6.07, 6.45) is 2.64. The topological polar surface area (TPSA) is 42.4 Å². The maximum atomic E-state index is 6.34. The number of furan rings is 1. The first-order chi connectivity index (χ1) is 9.61. The molecule has 3 nitrogen and oxygen atoms in total. The molecule has 4 heteroatoms. The highest BCUT2D eigenvalue weighted by Gasteiger charge is 2.23. The summed E-state index contributed by atoms with van der Waals surface area (Å²) < 4.78 is 6.51. The normalized spacial score (nSPS) is 14.4. The van der Waals surface area contributed by atoms with Crippen LogP contribution in [-0.4, -0.2) is 18.0 Å². The number of hydrogen-bond acceptors (Lipinski definition) is 3. The zero-order chi connectivity index (χ0) is 14.5. The largest absolute Gasteiger partial charge is 0.468 e. The molecule has 1 aromatic heterocycles. The number of nitrogens with zero attached hydrogens (tertiary/aromatic N) is 1. The average Bonchev–Trinajstić information content (AvgIpc) is 2.91. The van der Waals surface area contributed by atoms with Gasteiger partial charge in [-0.15, -0.1) is 0 Å². The van der Waals surface area contributed by atoms with E-state index in [2.05, 4.69) is 53.0 Å². The van der Waals surface area contributed by atoms with E-state index in [9.17, 15) is 0 Å². The van der Waals surface area contributed by atoms with Crippen LogP contribution in [0.3, 0.4) is 0 Å². The van der Waals surface area contributed by atoms with Crippen molar-refractivity contribution in [1.29, 1.82) is 0 Å². The van der Waals surface area contributed by atoms with E-state index in [-0.39, 0.29) is 12.1 Å². The molecule has 0 saturated heterocycles. The van der Waals surface area contributed by atoms with Gasteiger partial charge in [-0.25, -0.2) is 0 Å². The number of halogens is 1. The lowest BCUT2D eigenvalue weighted by molar-refractivity contribution is 0.188. The fraction of sp³-hybridized carbons (Fsp3) is 0.375. The highest BCUT2D eigenvalue weighted by molar-refractivity contribution is 9.10. The molecule has 0 amide bonds. The van der Waals surface area contributed by atoms with E-state index in [4.69, 9.17) is 10.2 Å². The van der Waals surface area contributed by atoms with Crippen LogP contribution in [0.4, 0.5) is 0 Å². The summed E-state index contributed by atoms with van der Waals surface area (Å²) in [7, 11) is 2.09. The fourth-order valence-corrected chi connectivity index (χ4v) is 2.91. The predicted molar refractivity (Wildman–Crippen MR) is 85.3 cm³/mol. The Morgan fingerprint density at radius 3 is 2.70 bits per heavy atom. The van der Waals surface area contributed by atoms with Gasteiger partial charge in [-0.05, 0) is 43.3 Å². The number of hydrogen-bond donors (Lipinski definition) is 1. The monoisotopic (exact) mass is 336 g/mol. The van der Waals surface area contributed by atoms with Crippen LogP contribution in [0.25, 0.3) is 0 Å². The van der Waals surface area contributed by atoms with Crippen molar-refractivity contribution < 1.29 is 4.42 Å². The Bertz CT molecular complexity index is 527. The van der Waals surface area contributed by atoms with Crippen LogP contribution in [-0.2, 0) is 6.54 Å². The third-order valence-corrected chi connectivity index (χ3v) is 4.02. The Morgan fingerprint density at radius 2 is 2.10 bits per heavy atom. The number of likely N-dealkylation sites (N-methyl/N-ethyl adjacent to an activating group) is 1. The Balaban J connectivity index is 2.23. The second-order valence-electron chi connectivity index (χ2n) is 5.07. The summed E-state index contributed by atoms with van der Waals surface area (Å²) in [5.74, 6) is 0.954. The van der Waals surface area contributed by atoms with Crippen LogP contribution >= 0.6 is 15.9 Å². The minimum atomic E-state index is 0.0873. The zero-order valence-electron chi connectivity index (χ0n) is 11.9. The maximum Gasteiger partial charge on any atom is 0.117 e. The van der Waals surface area contributed by atoms with Gasteiger partial charge in [-0.2, -0.15) is 0 Å². The van der Waals surface area contributed by atoms with E-state index in [0.717, 1.165) is 23.2 Å². The molecule has 1 aromatic carbocycles. The van der Waals surface area contributed by atoms with Crippen LogP contribution < -0.4 is 5.73 Å². The van der Waals surface area contributed by atoms with Gasteiger partial charge < -0.3 is 10.2 Å². The third-order valence-electron chi connectivity index (χ3n) is 3.53. The molecule has 0 aliphatic carbocycles. The second kappa shape index (κ2) is 7.07. The van der Waals surface area contributed by atoms with Crippen LogP contribution in [0, 0.1) is 0 Å². The lowest BCUT2D eigenvalue weighted by atomic mass is 9.96. The molecule has 2 N–H and O–H groups in total. The summed E-state index contributed by atoms with van der Waals surface area (Å²) in [5, 5.41) is 0. The maximum absolute atomic E-state index is 6.34. The molecule has 2 unspecified atom stereocenters. The molecule has 0 spiro atoms. The molecule has 1 heterocycles. The summed E-state index contributed by atoms with van der Waals surface area (Å²) in [6, 6.07) is 12.5. The standard InChI is InChI=1S/C16H21BrN2O/c1-3-15(18)16(12-6-4-7-13(17)10-12)19(2)11-14-8-5-9-20-14/h4-10,15-16H,3,11,18H2,1-2H3. The van der Waals surface area contributed by atoms with Crippen LogP contribution in [0.5, 0.6) is 0 Å². The molecule has 0 radical (unpaired) electrons. The Morgan fingerprint density at radius 1 is 1.30 bits per heavy atom. The van der Waals surface area contributed by atoms with Crippen molar-refractivity contribution in [3.8, 4) is 0 Å². The zero-order valence-corrected chi connectivity index (χ0v) is 13.5. The molecular weight excluding hydrogens is 316 g/mol. The van der Waals surface area contributed by atoms with Gasteiger partial charge in [-0.3, -0.25) is 4.90 Å². The average molecular weight is 337 g/mol. The fourth-order valence-electron chi connectivity index (χ4n) is 2.49. The van der Waals surface area contributed by atoms with E-state index in [0.29, 0.717) is 0 Å². The number of rotatable bonds is 6. The SMILES string of the molecule is CCC(N)C(c1cccc(Br)c1)N(C)Cc1ccco1. The van der Waals surface area contributed by atoms with Crippen molar-refractivity contribution >= 4 is 15.9 Å². The van der Waals surface area contributed by atoms with Crippen LogP contribution in [0.15, 0.2) is 51.6 Å². The van der Waals surface area contributed by atoms with Crippen molar-refractivity contribution in [3.05, 3.63) is 58.5 Å². The highest BCUT2D eigenvalue weighted by atomic mass is 79.9. The van der Waals surface area contributed by atoms with Gasteiger partial charge in [0.15, 0.2) is 0 Å². The molecule has 2 atom stereocenters. The lowest BCUT2D eigenvalue weighted by Crippen LogP contribution is -2.38. The summed E-state index contributed by atoms with van der Waals surface area (Å²) in [5.41, 5.74) is 7.57. The van der Waals surface area contributed by atoms with Crippen molar-refractivity contribution in [2.75, 3.05) is 7.05 Å². The summed E-state index contributed by atoms with van der Waals surface area (Å²) in [6.45, 7) is 2.87. The minimum absolute atomic E-state index is 0.0873. The Kier molecular flexibility index (Phi) is 5.40. The van der Waals surface area contributed by atoms with Crippen LogP contribution in [0.2, 0.25) is 0 Å². The van der Waals surface area contributed by atoms with Crippen molar-refractivity contribution in [3.63, 3.8) is 0 Å². The minimum Gasteiger partial charge on any atom is -0.468 e. The third kappa shape index (κ3) is 3.72. The van der Waals surface area contributed by atoms with Crippen molar-refractivity contribution in [2.45, 2.75) is 32.0 Å². The molecule has 2 aromatic rings. The van der Waals surface area contributed by atoms with Crippen molar-refractivity contribution in [1.82, 2.24) is 4.90 Å². The quantitative estimate of drug-likeness (QED) is 0.868. The van der Waals surface area contributed by atoms with E-state index in [1.807, 2.05) is 18.2 Å². The second-order valence-corrected chi connectivity index (χ2v) is 5.98. The Labute approximate surface area is 128 Å². The summed E-state index contributed by atoms with van der Waals surface area (Å²) in [4.78, 5) is 2.24. The first-order valence-corrected chi connectivity index (χ1v) is 7.64. The van der Waals surface area contributed by atoms with Gasteiger partial charge in [0.25, 0.3) is 0 Å². The first kappa shape index (κ1) is 15.3. The molecular formula is C16H21BrN2O. The molecule has 0 saturated carbocycles. The van der Waals surface area contributed by atoms with Gasteiger partial charge in [0, 0.05) is 10.5 Å². The van der Waals surface area contributed by atoms with E-state index in [1.165, 1.54) is 5.56 Å². The van der Waals surface area contributed by atoms with Gasteiger partial charge in [0.1, 0.15) is 5.76 Å². The van der Waals surface area contributed by atoms with E-state index >= 15 is 0 Å². The number of nitrogens with two attached hydrogens (primary N) is 1. The van der Waals surface area contributed by atoms with Gasteiger partial charge in [-0.1, -0.05) is 35.0 Å². The Hall–Kier alpha value is -1.10.